The smallest absolute Gasteiger partial charge is 0.233 e. The monoisotopic (exact) mass is 172 g/mol. The fourth-order valence-electron chi connectivity index (χ4n) is 0.904. The number of rotatable bonds is 7. The van der Waals surface area contributed by atoms with Crippen LogP contribution in [0.4, 0.5) is 0 Å². The van der Waals surface area contributed by atoms with Crippen LogP contribution in [0.2, 0.25) is 0 Å². The Morgan fingerprint density at radius 1 is 1.25 bits per heavy atom. The maximum Gasteiger partial charge on any atom is 0.233 e. The van der Waals surface area contributed by atoms with Crippen molar-refractivity contribution < 1.29 is 4.79 Å². The van der Waals surface area contributed by atoms with Gasteiger partial charge in [-0.25, -0.2) is 0 Å². The number of likely N-dealkylation sites (N-methyl/N-ethyl adjacent to an activating group) is 1. The fraction of sp³-hybridized carbons (Fsp3) is 0.889. The minimum Gasteiger partial charge on any atom is -0.355 e. The average Bonchev–Trinajstić information content (AvgIpc) is 2.09. The topological polar surface area (TPSA) is 41.1 Å². The summed E-state index contributed by atoms with van der Waals surface area (Å²) in [4.78, 5) is 11.0. The van der Waals surface area contributed by atoms with Crippen LogP contribution in [0.3, 0.4) is 0 Å². The molecule has 0 fully saturated rings. The Balaban J connectivity index is 3.08. The molecule has 0 aromatic heterocycles. The molecule has 0 spiro atoms. The van der Waals surface area contributed by atoms with Gasteiger partial charge in [0, 0.05) is 6.54 Å². The first kappa shape index (κ1) is 11.4. The summed E-state index contributed by atoms with van der Waals surface area (Å²) >= 11 is 0. The van der Waals surface area contributed by atoms with Gasteiger partial charge in [0.25, 0.3) is 0 Å². The molecule has 0 aromatic carbocycles. The molecule has 1 amide bonds. The molecule has 0 atom stereocenters. The predicted molar refractivity (Wildman–Crippen MR) is 51.1 cm³/mol. The van der Waals surface area contributed by atoms with Gasteiger partial charge in [-0.1, -0.05) is 26.7 Å². The lowest BCUT2D eigenvalue weighted by molar-refractivity contribution is -0.120. The lowest BCUT2D eigenvalue weighted by Gasteiger charge is -2.04. The molecule has 0 aliphatic heterocycles. The molecule has 2 N–H and O–H groups in total. The largest absolute Gasteiger partial charge is 0.355 e. The Morgan fingerprint density at radius 3 is 2.58 bits per heavy atom. The van der Waals surface area contributed by atoms with E-state index in [1.807, 2.05) is 6.92 Å². The van der Waals surface area contributed by atoms with Crippen LogP contribution in [-0.2, 0) is 4.79 Å². The third-order valence-corrected chi connectivity index (χ3v) is 1.64. The number of carbonyl (C=O) groups is 1. The van der Waals surface area contributed by atoms with Crippen LogP contribution < -0.4 is 10.6 Å². The van der Waals surface area contributed by atoms with E-state index in [2.05, 4.69) is 17.6 Å². The van der Waals surface area contributed by atoms with Crippen LogP contribution in [0.15, 0.2) is 0 Å². The summed E-state index contributed by atoms with van der Waals surface area (Å²) in [7, 11) is 0. The number of hydrogen-bond donors (Lipinski definition) is 2. The lowest BCUT2D eigenvalue weighted by Crippen LogP contribution is -2.34. The Morgan fingerprint density at radius 2 is 2.00 bits per heavy atom. The van der Waals surface area contributed by atoms with Gasteiger partial charge in [0.2, 0.25) is 5.91 Å². The summed E-state index contributed by atoms with van der Waals surface area (Å²) in [5.41, 5.74) is 0. The molecule has 0 rings (SSSR count). The second-order valence-corrected chi connectivity index (χ2v) is 2.84. The van der Waals surface area contributed by atoms with Crippen LogP contribution in [-0.4, -0.2) is 25.5 Å². The van der Waals surface area contributed by atoms with Crippen LogP contribution in [0, 0.1) is 0 Å². The van der Waals surface area contributed by atoms with Crippen molar-refractivity contribution in [1.29, 1.82) is 0 Å². The van der Waals surface area contributed by atoms with Gasteiger partial charge in [0.1, 0.15) is 0 Å². The molecule has 0 aliphatic carbocycles. The molecule has 3 nitrogen and oxygen atoms in total. The van der Waals surface area contributed by atoms with Crippen molar-refractivity contribution >= 4 is 5.91 Å². The standard InChI is InChI=1S/C9H20N2O/c1-3-5-6-7-11-9(12)8-10-4-2/h10H,3-8H2,1-2H3,(H,11,12). The van der Waals surface area contributed by atoms with E-state index < -0.39 is 0 Å². The molecule has 0 radical (unpaired) electrons. The summed E-state index contributed by atoms with van der Waals surface area (Å²) in [5, 5.41) is 5.83. The van der Waals surface area contributed by atoms with E-state index in [9.17, 15) is 4.79 Å². The van der Waals surface area contributed by atoms with E-state index in [1.165, 1.54) is 12.8 Å². The molecule has 0 aromatic rings. The van der Waals surface area contributed by atoms with Crippen LogP contribution in [0.1, 0.15) is 33.1 Å². The van der Waals surface area contributed by atoms with Crippen molar-refractivity contribution in [2.45, 2.75) is 33.1 Å². The van der Waals surface area contributed by atoms with Gasteiger partial charge in [-0.3, -0.25) is 4.79 Å². The van der Waals surface area contributed by atoms with Gasteiger partial charge in [0.15, 0.2) is 0 Å². The van der Waals surface area contributed by atoms with E-state index in [1.54, 1.807) is 0 Å². The molecule has 12 heavy (non-hydrogen) atoms. The van der Waals surface area contributed by atoms with Crippen molar-refractivity contribution in [3.05, 3.63) is 0 Å². The zero-order valence-electron chi connectivity index (χ0n) is 8.15. The highest BCUT2D eigenvalue weighted by Crippen LogP contribution is 1.90. The van der Waals surface area contributed by atoms with Crippen molar-refractivity contribution in [1.82, 2.24) is 10.6 Å². The highest BCUT2D eigenvalue weighted by Gasteiger charge is 1.96. The molecule has 0 saturated carbocycles. The minimum atomic E-state index is 0.105. The van der Waals surface area contributed by atoms with Crippen LogP contribution in [0.5, 0.6) is 0 Å². The molecule has 72 valence electrons. The van der Waals surface area contributed by atoms with E-state index >= 15 is 0 Å². The maximum atomic E-state index is 11.0. The van der Waals surface area contributed by atoms with Crippen molar-refractivity contribution in [2.24, 2.45) is 0 Å². The Kier molecular flexibility index (Phi) is 8.12. The van der Waals surface area contributed by atoms with Crippen LogP contribution in [0.25, 0.3) is 0 Å². The minimum absolute atomic E-state index is 0.105. The number of hydrogen-bond acceptors (Lipinski definition) is 2. The van der Waals surface area contributed by atoms with Gasteiger partial charge in [-0.15, -0.1) is 0 Å². The number of amides is 1. The molecule has 0 aliphatic rings. The summed E-state index contributed by atoms with van der Waals surface area (Å²) in [6, 6.07) is 0. The quantitative estimate of drug-likeness (QED) is 0.560. The van der Waals surface area contributed by atoms with Crippen molar-refractivity contribution in [3.63, 3.8) is 0 Å². The molecule has 0 bridgehead atoms. The van der Waals surface area contributed by atoms with E-state index in [0.717, 1.165) is 19.5 Å². The van der Waals surface area contributed by atoms with Crippen LogP contribution >= 0.6 is 0 Å². The Hall–Kier alpha value is -0.570. The number of nitrogens with one attached hydrogen (secondary N) is 2. The third-order valence-electron chi connectivity index (χ3n) is 1.64. The Bertz CT molecular complexity index is 115. The molecule has 0 saturated heterocycles. The maximum absolute atomic E-state index is 11.0. The zero-order valence-corrected chi connectivity index (χ0v) is 8.15. The average molecular weight is 172 g/mol. The summed E-state index contributed by atoms with van der Waals surface area (Å²) in [6.07, 6.45) is 3.49. The van der Waals surface area contributed by atoms with Gasteiger partial charge >= 0.3 is 0 Å². The lowest BCUT2D eigenvalue weighted by atomic mass is 10.2. The van der Waals surface area contributed by atoms with Gasteiger partial charge < -0.3 is 10.6 Å². The predicted octanol–water partition coefficient (Wildman–Crippen LogP) is 0.902. The number of carbonyl (C=O) groups excluding carboxylic acids is 1. The first-order chi connectivity index (χ1) is 5.81. The Labute approximate surface area is 74.9 Å². The molecular formula is C9H20N2O. The molecule has 0 unspecified atom stereocenters. The van der Waals surface area contributed by atoms with Gasteiger partial charge in [-0.05, 0) is 13.0 Å². The first-order valence-corrected chi connectivity index (χ1v) is 4.78. The zero-order chi connectivity index (χ0) is 9.23. The first-order valence-electron chi connectivity index (χ1n) is 4.78. The van der Waals surface area contributed by atoms with E-state index in [4.69, 9.17) is 0 Å². The molecular weight excluding hydrogens is 152 g/mol. The summed E-state index contributed by atoms with van der Waals surface area (Å²) < 4.78 is 0. The third kappa shape index (κ3) is 7.54. The highest BCUT2D eigenvalue weighted by atomic mass is 16.1. The second kappa shape index (κ2) is 8.53. The van der Waals surface area contributed by atoms with Crippen molar-refractivity contribution in [3.8, 4) is 0 Å². The SMILES string of the molecule is CCCCCNC(=O)CNCC. The summed E-state index contributed by atoms with van der Waals surface area (Å²) in [6.45, 7) is 6.26. The van der Waals surface area contributed by atoms with E-state index in [0.29, 0.717) is 6.54 Å². The van der Waals surface area contributed by atoms with Crippen molar-refractivity contribution in [2.75, 3.05) is 19.6 Å². The number of unbranched alkanes of at least 4 members (excludes halogenated alkanes) is 2. The normalized spacial score (nSPS) is 9.83. The van der Waals surface area contributed by atoms with E-state index in [-0.39, 0.29) is 5.91 Å². The highest BCUT2D eigenvalue weighted by molar-refractivity contribution is 5.77. The molecule has 3 heteroatoms. The van der Waals surface area contributed by atoms with Gasteiger partial charge in [0.05, 0.1) is 6.54 Å². The second-order valence-electron chi connectivity index (χ2n) is 2.84. The summed E-state index contributed by atoms with van der Waals surface area (Å²) in [5.74, 6) is 0.105. The van der Waals surface area contributed by atoms with Gasteiger partial charge in [-0.2, -0.15) is 0 Å². The fourth-order valence-corrected chi connectivity index (χ4v) is 0.904. The molecule has 0 heterocycles.